The largest absolute Gasteiger partial charge is 0.381 e. The summed E-state index contributed by atoms with van der Waals surface area (Å²) in [6.07, 6.45) is 1.89. The number of halogens is 1. The quantitative estimate of drug-likeness (QED) is 0.846. The van der Waals surface area contributed by atoms with E-state index >= 15 is 0 Å². The zero-order valence-corrected chi connectivity index (χ0v) is 10.0. The number of aromatic nitrogens is 2. The molecule has 1 atom stereocenters. The molecule has 1 aliphatic heterocycles. The van der Waals surface area contributed by atoms with E-state index in [0.717, 1.165) is 26.3 Å². The Morgan fingerprint density at radius 1 is 1.67 bits per heavy atom. The molecule has 1 N–H and O–H groups in total. The summed E-state index contributed by atoms with van der Waals surface area (Å²) in [5.74, 6) is 0.450. The summed E-state index contributed by atoms with van der Waals surface area (Å²) in [7, 11) is 2.05. The molecule has 0 radical (unpaired) electrons. The number of nitrogens with one attached hydrogen (secondary N) is 1. The van der Waals surface area contributed by atoms with Gasteiger partial charge < -0.3 is 14.6 Å². The predicted octanol–water partition coefficient (Wildman–Crippen LogP) is 1.07. The van der Waals surface area contributed by atoms with Crippen LogP contribution in [0, 0.1) is 0 Å². The number of imidazole rings is 1. The Balaban J connectivity index is 0.00000112. The molecule has 0 spiro atoms. The number of fused-ring (bicyclic) bond motifs is 1. The van der Waals surface area contributed by atoms with E-state index in [-0.39, 0.29) is 12.4 Å². The normalized spacial score (nSPS) is 19.5. The van der Waals surface area contributed by atoms with E-state index < -0.39 is 0 Å². The summed E-state index contributed by atoms with van der Waals surface area (Å²) in [6, 6.07) is 0. The minimum absolute atomic E-state index is 0. The van der Waals surface area contributed by atoms with Crippen molar-refractivity contribution in [2.24, 2.45) is 7.05 Å². The van der Waals surface area contributed by atoms with Gasteiger partial charge in [-0.1, -0.05) is 0 Å². The van der Waals surface area contributed by atoms with Crippen LogP contribution in [0.4, 0.5) is 0 Å². The topological polar surface area (TPSA) is 39.1 Å². The second kappa shape index (κ2) is 5.49. The number of nitrogens with zero attached hydrogens (tertiary/aromatic N) is 2. The van der Waals surface area contributed by atoms with Gasteiger partial charge in [0.1, 0.15) is 0 Å². The molecular weight excluding hydrogens is 214 g/mol. The van der Waals surface area contributed by atoms with Crippen molar-refractivity contribution in [2.45, 2.75) is 19.4 Å². The van der Waals surface area contributed by atoms with Crippen molar-refractivity contribution >= 4 is 12.4 Å². The summed E-state index contributed by atoms with van der Waals surface area (Å²) < 4.78 is 7.58. The lowest BCUT2D eigenvalue weighted by Crippen LogP contribution is -2.31. The monoisotopic (exact) mass is 231 g/mol. The minimum Gasteiger partial charge on any atom is -0.381 e. The Labute approximate surface area is 96.4 Å². The Morgan fingerprint density at radius 2 is 2.47 bits per heavy atom. The van der Waals surface area contributed by atoms with Gasteiger partial charge in [-0.3, -0.25) is 0 Å². The fourth-order valence-corrected chi connectivity index (χ4v) is 2.01. The predicted molar refractivity (Wildman–Crippen MR) is 61.4 cm³/mol. The molecule has 4 nitrogen and oxygen atoms in total. The van der Waals surface area contributed by atoms with Gasteiger partial charge in [0.15, 0.2) is 0 Å². The molecule has 2 heterocycles. The molecule has 15 heavy (non-hydrogen) atoms. The number of ether oxygens (including phenoxy) is 1. The lowest BCUT2D eigenvalue weighted by molar-refractivity contribution is 0.127. The Hall–Kier alpha value is -0.580. The minimum atomic E-state index is 0. The Kier molecular flexibility index (Phi) is 4.57. The van der Waals surface area contributed by atoms with Crippen LogP contribution in [0.2, 0.25) is 0 Å². The first-order valence-corrected chi connectivity index (χ1v) is 5.11. The second-order valence-corrected chi connectivity index (χ2v) is 3.67. The van der Waals surface area contributed by atoms with Crippen LogP contribution < -0.4 is 5.32 Å². The number of rotatable bonds is 3. The van der Waals surface area contributed by atoms with Crippen molar-refractivity contribution in [1.29, 1.82) is 0 Å². The first-order valence-electron chi connectivity index (χ1n) is 5.11. The molecule has 0 bridgehead atoms. The van der Waals surface area contributed by atoms with Crippen LogP contribution in [-0.2, 0) is 18.3 Å². The van der Waals surface area contributed by atoms with Crippen LogP contribution >= 0.6 is 12.4 Å². The maximum absolute atomic E-state index is 5.47. The van der Waals surface area contributed by atoms with E-state index in [1.54, 1.807) is 0 Å². The van der Waals surface area contributed by atoms with Gasteiger partial charge in [-0.2, -0.15) is 0 Å². The summed E-state index contributed by atoms with van der Waals surface area (Å²) in [6.45, 7) is 5.48. The van der Waals surface area contributed by atoms with Crippen molar-refractivity contribution in [3.63, 3.8) is 0 Å². The number of aryl methyl sites for hydroxylation is 1. The lowest BCUT2D eigenvalue weighted by Gasteiger charge is -2.23. The van der Waals surface area contributed by atoms with E-state index in [9.17, 15) is 0 Å². The number of hydrogen-bond donors (Lipinski definition) is 1. The van der Waals surface area contributed by atoms with Gasteiger partial charge in [-0.05, 0) is 6.92 Å². The van der Waals surface area contributed by atoms with Crippen molar-refractivity contribution in [1.82, 2.24) is 14.9 Å². The van der Waals surface area contributed by atoms with E-state index in [1.807, 2.05) is 13.3 Å². The summed E-state index contributed by atoms with van der Waals surface area (Å²) in [5.41, 5.74) is 2.50. The number of hydrogen-bond acceptors (Lipinski definition) is 3. The van der Waals surface area contributed by atoms with Gasteiger partial charge in [0.25, 0.3) is 0 Å². The molecule has 0 fully saturated rings. The molecule has 0 saturated carbocycles. The third kappa shape index (κ3) is 2.51. The zero-order chi connectivity index (χ0) is 9.97. The van der Waals surface area contributed by atoms with Crippen molar-refractivity contribution in [3.05, 3.63) is 17.7 Å². The highest BCUT2D eigenvalue weighted by molar-refractivity contribution is 5.85. The lowest BCUT2D eigenvalue weighted by atomic mass is 10.0. The van der Waals surface area contributed by atoms with Crippen LogP contribution in [0.1, 0.15) is 24.2 Å². The zero-order valence-electron chi connectivity index (χ0n) is 9.19. The third-order valence-corrected chi connectivity index (χ3v) is 2.66. The molecular formula is C10H18ClN3O. The molecule has 0 amide bonds. The van der Waals surface area contributed by atoms with E-state index in [2.05, 4.69) is 21.9 Å². The van der Waals surface area contributed by atoms with Gasteiger partial charge in [0.2, 0.25) is 0 Å². The molecule has 86 valence electrons. The van der Waals surface area contributed by atoms with Crippen molar-refractivity contribution in [3.8, 4) is 0 Å². The van der Waals surface area contributed by atoms with Crippen LogP contribution in [0.15, 0.2) is 6.33 Å². The highest BCUT2D eigenvalue weighted by Gasteiger charge is 2.23. The first kappa shape index (κ1) is 12.5. The smallest absolute Gasteiger partial charge is 0.0949 e. The molecule has 1 unspecified atom stereocenters. The Morgan fingerprint density at radius 3 is 3.20 bits per heavy atom. The molecule has 2 rings (SSSR count). The summed E-state index contributed by atoms with van der Waals surface area (Å²) in [4.78, 5) is 4.36. The van der Waals surface area contributed by atoms with Gasteiger partial charge in [0.05, 0.1) is 18.6 Å². The molecule has 1 aromatic rings. The fraction of sp³-hybridized carbons (Fsp3) is 0.700. The molecule has 0 aromatic carbocycles. The van der Waals surface area contributed by atoms with Gasteiger partial charge in [0, 0.05) is 38.4 Å². The molecule has 0 aliphatic carbocycles. The molecule has 5 heteroatoms. The van der Waals surface area contributed by atoms with Crippen molar-refractivity contribution in [2.75, 3.05) is 19.8 Å². The van der Waals surface area contributed by atoms with E-state index in [4.69, 9.17) is 4.74 Å². The second-order valence-electron chi connectivity index (χ2n) is 3.67. The van der Waals surface area contributed by atoms with Gasteiger partial charge in [-0.25, -0.2) is 4.98 Å². The van der Waals surface area contributed by atoms with Gasteiger partial charge in [-0.15, -0.1) is 12.4 Å². The van der Waals surface area contributed by atoms with E-state index in [0.29, 0.717) is 5.92 Å². The van der Waals surface area contributed by atoms with Crippen molar-refractivity contribution < 1.29 is 4.74 Å². The van der Waals surface area contributed by atoms with Gasteiger partial charge >= 0.3 is 0 Å². The molecule has 1 aliphatic rings. The maximum Gasteiger partial charge on any atom is 0.0949 e. The Bertz CT molecular complexity index is 314. The molecule has 0 saturated heterocycles. The fourth-order valence-electron chi connectivity index (χ4n) is 2.01. The van der Waals surface area contributed by atoms with Crippen LogP contribution in [0.5, 0.6) is 0 Å². The van der Waals surface area contributed by atoms with Crippen LogP contribution in [0.25, 0.3) is 0 Å². The van der Waals surface area contributed by atoms with Crippen LogP contribution in [-0.4, -0.2) is 29.3 Å². The highest BCUT2D eigenvalue weighted by atomic mass is 35.5. The average Bonchev–Trinajstić information content (AvgIpc) is 2.58. The summed E-state index contributed by atoms with van der Waals surface area (Å²) >= 11 is 0. The van der Waals surface area contributed by atoms with E-state index in [1.165, 1.54) is 11.4 Å². The maximum atomic E-state index is 5.47. The standard InChI is InChI=1S/C10H17N3O.ClH/c1-3-14-6-8-4-11-5-9-10(8)13(2)7-12-9;/h7-8,11H,3-6H2,1-2H3;1H. The third-order valence-electron chi connectivity index (χ3n) is 2.66. The molecule has 1 aromatic heterocycles. The average molecular weight is 232 g/mol. The first-order chi connectivity index (χ1) is 6.83. The SMILES string of the molecule is CCOCC1CNCc2ncn(C)c21.Cl. The van der Waals surface area contributed by atoms with Crippen LogP contribution in [0.3, 0.4) is 0 Å². The highest BCUT2D eigenvalue weighted by Crippen LogP contribution is 2.22. The summed E-state index contributed by atoms with van der Waals surface area (Å²) in [5, 5.41) is 3.36.